The minimum Gasteiger partial charge on any atom is -0.342 e. The molecule has 2 amide bonds. The Kier molecular flexibility index (Phi) is 24.6. The molecule has 0 aromatic rings. The number of nitrogens with two attached hydrogens (primary N) is 2. The third-order valence-electron chi connectivity index (χ3n) is 6.70. The molecule has 0 saturated heterocycles. The van der Waals surface area contributed by atoms with E-state index in [4.69, 9.17) is 21.2 Å². The first-order valence-electron chi connectivity index (χ1n) is 14.8. The van der Waals surface area contributed by atoms with Crippen molar-refractivity contribution in [3.05, 3.63) is 0 Å². The molecule has 0 heterocycles. The van der Waals surface area contributed by atoms with Gasteiger partial charge in [-0.2, -0.15) is 0 Å². The summed E-state index contributed by atoms with van der Waals surface area (Å²) in [6.45, 7) is 5.11. The predicted octanol–water partition coefficient (Wildman–Crippen LogP) is 5.93. The molecule has 0 atom stereocenters. The Balaban J connectivity index is 4.34. The number of hydrazine groups is 2. The SMILES string of the molecule is CCCCCCCCCCCCOC(CC(=O)NN)(OCCCCCCCCCCCC)C(=O)NN. The molecular formula is C28H58N4O4. The van der Waals surface area contributed by atoms with Gasteiger partial charge in [-0.1, -0.05) is 129 Å². The summed E-state index contributed by atoms with van der Waals surface area (Å²) in [6.07, 6.45) is 23.7. The fourth-order valence-corrected chi connectivity index (χ4v) is 4.38. The van der Waals surface area contributed by atoms with Crippen molar-refractivity contribution < 1.29 is 19.1 Å². The molecule has 8 nitrogen and oxygen atoms in total. The molecule has 0 aliphatic heterocycles. The molecule has 0 aromatic heterocycles. The molecule has 0 saturated carbocycles. The highest BCUT2D eigenvalue weighted by atomic mass is 16.7. The average Bonchev–Trinajstić information content (AvgIpc) is 2.89. The van der Waals surface area contributed by atoms with Gasteiger partial charge >= 0.3 is 0 Å². The maximum Gasteiger partial charge on any atom is 0.294 e. The zero-order valence-electron chi connectivity index (χ0n) is 23.6. The molecule has 0 fully saturated rings. The third-order valence-corrected chi connectivity index (χ3v) is 6.70. The van der Waals surface area contributed by atoms with Crippen LogP contribution in [0.2, 0.25) is 0 Å². The largest absolute Gasteiger partial charge is 0.342 e. The molecule has 0 rings (SSSR count). The number of nitrogens with one attached hydrogen (secondary N) is 2. The normalized spacial score (nSPS) is 11.6. The van der Waals surface area contributed by atoms with Crippen molar-refractivity contribution in [2.24, 2.45) is 11.7 Å². The number of unbranched alkanes of at least 4 members (excludes halogenated alkanes) is 18. The van der Waals surface area contributed by atoms with Gasteiger partial charge in [0.25, 0.3) is 11.7 Å². The van der Waals surface area contributed by atoms with Crippen LogP contribution in [-0.4, -0.2) is 30.8 Å². The summed E-state index contributed by atoms with van der Waals surface area (Å²) in [6, 6.07) is 0. The summed E-state index contributed by atoms with van der Waals surface area (Å²) in [5.74, 6) is 7.73. The van der Waals surface area contributed by atoms with E-state index in [1.54, 1.807) is 0 Å². The number of hydrogen-bond acceptors (Lipinski definition) is 6. The van der Waals surface area contributed by atoms with Gasteiger partial charge in [0.1, 0.15) is 0 Å². The van der Waals surface area contributed by atoms with Crippen molar-refractivity contribution in [1.29, 1.82) is 0 Å². The number of carbonyl (C=O) groups is 2. The first-order valence-corrected chi connectivity index (χ1v) is 14.8. The Morgan fingerprint density at radius 3 is 1.19 bits per heavy atom. The summed E-state index contributed by atoms with van der Waals surface area (Å²) in [4.78, 5) is 24.6. The minimum absolute atomic E-state index is 0.319. The van der Waals surface area contributed by atoms with Crippen molar-refractivity contribution in [1.82, 2.24) is 10.9 Å². The van der Waals surface area contributed by atoms with E-state index < -0.39 is 17.6 Å². The van der Waals surface area contributed by atoms with Crippen LogP contribution in [0.3, 0.4) is 0 Å². The zero-order valence-corrected chi connectivity index (χ0v) is 23.6. The summed E-state index contributed by atoms with van der Waals surface area (Å²) in [5, 5.41) is 0. The van der Waals surface area contributed by atoms with E-state index in [1.165, 1.54) is 89.9 Å². The number of amides is 2. The summed E-state index contributed by atoms with van der Waals surface area (Å²) in [5.41, 5.74) is 4.17. The first kappa shape index (κ1) is 34.8. The monoisotopic (exact) mass is 514 g/mol. The minimum atomic E-state index is -1.75. The van der Waals surface area contributed by atoms with E-state index in [0.29, 0.717) is 13.2 Å². The Morgan fingerprint density at radius 2 is 0.889 bits per heavy atom. The Morgan fingerprint density at radius 1 is 0.556 bits per heavy atom. The van der Waals surface area contributed by atoms with Gasteiger partial charge in [-0.25, -0.2) is 11.7 Å². The van der Waals surface area contributed by atoms with Crippen LogP contribution in [0.4, 0.5) is 0 Å². The van der Waals surface area contributed by atoms with Gasteiger partial charge in [0.2, 0.25) is 5.91 Å². The molecule has 0 aliphatic carbocycles. The second-order valence-corrected chi connectivity index (χ2v) is 10.0. The third kappa shape index (κ3) is 19.0. The van der Waals surface area contributed by atoms with Gasteiger partial charge in [0.05, 0.1) is 19.6 Å². The Hall–Kier alpha value is -1.22. The van der Waals surface area contributed by atoms with Gasteiger partial charge in [0.15, 0.2) is 0 Å². The molecule has 0 unspecified atom stereocenters. The fourth-order valence-electron chi connectivity index (χ4n) is 4.38. The number of ether oxygens (including phenoxy) is 2. The molecule has 214 valence electrons. The number of rotatable bonds is 27. The van der Waals surface area contributed by atoms with Gasteiger partial charge in [-0.05, 0) is 12.8 Å². The maximum absolute atomic E-state index is 12.6. The highest BCUT2D eigenvalue weighted by Gasteiger charge is 2.43. The van der Waals surface area contributed by atoms with Crippen LogP contribution in [-0.2, 0) is 19.1 Å². The lowest BCUT2D eigenvalue weighted by Gasteiger charge is -2.31. The van der Waals surface area contributed by atoms with E-state index in [-0.39, 0.29) is 6.42 Å². The molecule has 0 bridgehead atoms. The molecular weight excluding hydrogens is 456 g/mol. The number of hydrogen-bond donors (Lipinski definition) is 4. The van der Waals surface area contributed by atoms with Crippen LogP contribution in [0, 0.1) is 0 Å². The topological polar surface area (TPSA) is 129 Å². The lowest BCUT2D eigenvalue weighted by molar-refractivity contribution is -0.233. The first-order chi connectivity index (χ1) is 17.6. The molecule has 0 spiro atoms. The number of carbonyl (C=O) groups excluding carboxylic acids is 2. The smallest absolute Gasteiger partial charge is 0.294 e. The van der Waals surface area contributed by atoms with E-state index >= 15 is 0 Å². The molecule has 8 heteroatoms. The van der Waals surface area contributed by atoms with Crippen molar-refractivity contribution in [2.75, 3.05) is 13.2 Å². The van der Waals surface area contributed by atoms with E-state index in [2.05, 4.69) is 24.7 Å². The molecule has 0 aromatic carbocycles. The van der Waals surface area contributed by atoms with Gasteiger partial charge in [-0.3, -0.25) is 20.4 Å². The van der Waals surface area contributed by atoms with Gasteiger partial charge < -0.3 is 9.47 Å². The lowest BCUT2D eigenvalue weighted by atomic mass is 10.1. The Labute approximate surface area is 221 Å². The molecule has 6 N–H and O–H groups in total. The van der Waals surface area contributed by atoms with Crippen molar-refractivity contribution >= 4 is 11.8 Å². The van der Waals surface area contributed by atoms with Gasteiger partial charge in [-0.15, -0.1) is 0 Å². The van der Waals surface area contributed by atoms with Crippen molar-refractivity contribution in [2.45, 2.75) is 154 Å². The van der Waals surface area contributed by atoms with Crippen LogP contribution in [0.15, 0.2) is 0 Å². The van der Waals surface area contributed by atoms with Crippen LogP contribution < -0.4 is 22.5 Å². The maximum atomic E-state index is 12.6. The second-order valence-electron chi connectivity index (χ2n) is 10.0. The lowest BCUT2D eigenvalue weighted by Crippen LogP contribution is -2.56. The molecule has 0 radical (unpaired) electrons. The fraction of sp³-hybridized carbons (Fsp3) is 0.929. The predicted molar refractivity (Wildman–Crippen MR) is 148 cm³/mol. The summed E-state index contributed by atoms with van der Waals surface area (Å²) >= 11 is 0. The second kappa shape index (κ2) is 25.4. The van der Waals surface area contributed by atoms with Crippen LogP contribution >= 0.6 is 0 Å². The van der Waals surface area contributed by atoms with Crippen molar-refractivity contribution in [3.63, 3.8) is 0 Å². The quantitative estimate of drug-likeness (QED) is 0.0354. The Bertz CT molecular complexity index is 494. The average molecular weight is 515 g/mol. The van der Waals surface area contributed by atoms with Crippen LogP contribution in [0.1, 0.15) is 149 Å². The van der Waals surface area contributed by atoms with E-state index in [9.17, 15) is 9.59 Å². The van der Waals surface area contributed by atoms with E-state index in [0.717, 1.165) is 38.5 Å². The molecule has 0 aliphatic rings. The zero-order chi connectivity index (χ0) is 26.7. The summed E-state index contributed by atoms with van der Waals surface area (Å²) < 4.78 is 11.8. The molecule has 36 heavy (non-hydrogen) atoms. The van der Waals surface area contributed by atoms with E-state index in [1.807, 2.05) is 0 Å². The van der Waals surface area contributed by atoms with Crippen molar-refractivity contribution in [3.8, 4) is 0 Å². The van der Waals surface area contributed by atoms with Crippen LogP contribution in [0.5, 0.6) is 0 Å². The van der Waals surface area contributed by atoms with Crippen LogP contribution in [0.25, 0.3) is 0 Å². The summed E-state index contributed by atoms with van der Waals surface area (Å²) in [7, 11) is 0. The highest BCUT2D eigenvalue weighted by molar-refractivity contribution is 5.89. The highest BCUT2D eigenvalue weighted by Crippen LogP contribution is 2.21. The van der Waals surface area contributed by atoms with Gasteiger partial charge in [0, 0.05) is 0 Å². The standard InChI is InChI=1S/C28H58N4O4/c1-3-5-7-9-11-13-15-17-19-21-23-35-28(27(34)32-30,25-26(33)31-29)36-24-22-20-18-16-14-12-10-8-6-4-2/h3-25,29-30H2,1-2H3,(H,31,33)(H,32,34).